The number of hydrogen-bond acceptors (Lipinski definition) is 4. The lowest BCUT2D eigenvalue weighted by molar-refractivity contribution is 0.527. The summed E-state index contributed by atoms with van der Waals surface area (Å²) >= 11 is 1.61. The lowest BCUT2D eigenvalue weighted by Gasteiger charge is -2.02. The molecule has 0 bridgehead atoms. The van der Waals surface area contributed by atoms with Crippen molar-refractivity contribution in [3.05, 3.63) is 36.3 Å². The first-order valence-corrected chi connectivity index (χ1v) is 5.48. The second kappa shape index (κ2) is 4.40. The van der Waals surface area contributed by atoms with Crippen LogP contribution in [-0.4, -0.2) is 12.0 Å². The normalized spacial score (nSPS) is 10.3. The van der Waals surface area contributed by atoms with Crippen LogP contribution in [0.2, 0.25) is 0 Å². The van der Waals surface area contributed by atoms with Gasteiger partial charge < -0.3 is 9.73 Å². The number of pyridine rings is 1. The Labute approximate surface area is 92.9 Å². The Balaban J connectivity index is 2.21. The summed E-state index contributed by atoms with van der Waals surface area (Å²) in [6, 6.07) is 7.86. The van der Waals surface area contributed by atoms with Gasteiger partial charge in [0.2, 0.25) is 0 Å². The first-order valence-electron chi connectivity index (χ1n) is 4.66. The highest BCUT2D eigenvalue weighted by Gasteiger charge is 2.04. The SMILES string of the molecule is CNc1cccc(Sc2ccoc2C)n1. The first-order chi connectivity index (χ1) is 7.29. The summed E-state index contributed by atoms with van der Waals surface area (Å²) in [5.74, 6) is 1.80. The number of rotatable bonds is 3. The van der Waals surface area contributed by atoms with Gasteiger partial charge in [-0.1, -0.05) is 17.8 Å². The molecule has 2 heterocycles. The third-order valence-electron chi connectivity index (χ3n) is 2.01. The van der Waals surface area contributed by atoms with Crippen LogP contribution in [0.5, 0.6) is 0 Å². The van der Waals surface area contributed by atoms with Crippen molar-refractivity contribution in [2.75, 3.05) is 12.4 Å². The molecule has 0 aliphatic heterocycles. The lowest BCUT2D eigenvalue weighted by atomic mass is 10.5. The van der Waals surface area contributed by atoms with Crippen LogP contribution in [0.1, 0.15) is 5.76 Å². The Morgan fingerprint density at radius 2 is 2.20 bits per heavy atom. The summed E-state index contributed by atoms with van der Waals surface area (Å²) in [7, 11) is 1.86. The van der Waals surface area contributed by atoms with Crippen molar-refractivity contribution in [3.8, 4) is 0 Å². The molecule has 1 N–H and O–H groups in total. The Morgan fingerprint density at radius 1 is 1.33 bits per heavy atom. The highest BCUT2D eigenvalue weighted by Crippen LogP contribution is 2.29. The molecular formula is C11H12N2OS. The average molecular weight is 220 g/mol. The zero-order chi connectivity index (χ0) is 10.7. The molecule has 0 saturated heterocycles. The van der Waals surface area contributed by atoms with Crippen LogP contribution in [0.4, 0.5) is 5.82 Å². The number of nitrogens with one attached hydrogen (secondary N) is 1. The molecule has 78 valence electrons. The van der Waals surface area contributed by atoms with Crippen LogP contribution in [0.15, 0.2) is 44.9 Å². The molecule has 0 fully saturated rings. The molecule has 3 nitrogen and oxygen atoms in total. The molecule has 2 aromatic rings. The molecule has 4 heteroatoms. The van der Waals surface area contributed by atoms with Crippen molar-refractivity contribution in [3.63, 3.8) is 0 Å². The van der Waals surface area contributed by atoms with Crippen molar-refractivity contribution >= 4 is 17.6 Å². The van der Waals surface area contributed by atoms with E-state index < -0.39 is 0 Å². The van der Waals surface area contributed by atoms with Crippen LogP contribution < -0.4 is 5.32 Å². The van der Waals surface area contributed by atoms with E-state index in [4.69, 9.17) is 4.42 Å². The van der Waals surface area contributed by atoms with Crippen LogP contribution in [0.25, 0.3) is 0 Å². The van der Waals surface area contributed by atoms with Crippen molar-refractivity contribution in [1.29, 1.82) is 0 Å². The van der Waals surface area contributed by atoms with Gasteiger partial charge in [-0.05, 0) is 25.1 Å². The van der Waals surface area contributed by atoms with E-state index in [-0.39, 0.29) is 0 Å². The van der Waals surface area contributed by atoms with Gasteiger partial charge in [-0.2, -0.15) is 0 Å². The van der Waals surface area contributed by atoms with Crippen molar-refractivity contribution in [1.82, 2.24) is 4.98 Å². The Bertz CT molecular complexity index is 453. The number of nitrogens with zero attached hydrogens (tertiary/aromatic N) is 1. The van der Waals surface area contributed by atoms with Gasteiger partial charge in [-0.3, -0.25) is 0 Å². The quantitative estimate of drug-likeness (QED) is 0.862. The fraction of sp³-hybridized carbons (Fsp3) is 0.182. The highest BCUT2D eigenvalue weighted by atomic mass is 32.2. The van der Waals surface area contributed by atoms with Gasteiger partial charge in [0.1, 0.15) is 16.6 Å². The largest absolute Gasteiger partial charge is 0.468 e. The Hall–Kier alpha value is -1.42. The zero-order valence-corrected chi connectivity index (χ0v) is 9.47. The van der Waals surface area contributed by atoms with E-state index in [2.05, 4.69) is 10.3 Å². The van der Waals surface area contributed by atoms with Crippen LogP contribution in [-0.2, 0) is 0 Å². The van der Waals surface area contributed by atoms with E-state index in [9.17, 15) is 0 Å². The molecule has 0 aromatic carbocycles. The topological polar surface area (TPSA) is 38.1 Å². The minimum Gasteiger partial charge on any atom is -0.468 e. The van der Waals surface area contributed by atoms with Gasteiger partial charge in [-0.25, -0.2) is 4.98 Å². The average Bonchev–Trinajstić information content (AvgIpc) is 2.65. The van der Waals surface area contributed by atoms with Gasteiger partial charge in [-0.15, -0.1) is 0 Å². The first kappa shape index (κ1) is 10.1. The molecule has 0 unspecified atom stereocenters. The maximum absolute atomic E-state index is 5.23. The third kappa shape index (κ3) is 2.33. The predicted octanol–water partition coefficient (Wildman–Crippen LogP) is 3.18. The summed E-state index contributed by atoms with van der Waals surface area (Å²) in [5.41, 5.74) is 0. The van der Waals surface area contributed by atoms with E-state index in [0.29, 0.717) is 0 Å². The van der Waals surface area contributed by atoms with Gasteiger partial charge >= 0.3 is 0 Å². The van der Waals surface area contributed by atoms with Crippen LogP contribution in [0, 0.1) is 6.92 Å². The van der Waals surface area contributed by atoms with E-state index in [1.54, 1.807) is 18.0 Å². The summed E-state index contributed by atoms with van der Waals surface area (Å²) < 4.78 is 5.23. The summed E-state index contributed by atoms with van der Waals surface area (Å²) in [6.45, 7) is 1.95. The van der Waals surface area contributed by atoms with Crippen LogP contribution in [0.3, 0.4) is 0 Å². The lowest BCUT2D eigenvalue weighted by Crippen LogP contribution is -1.91. The van der Waals surface area contributed by atoms with Crippen molar-refractivity contribution < 1.29 is 4.42 Å². The molecule has 0 aliphatic rings. The maximum atomic E-state index is 5.23. The van der Waals surface area contributed by atoms with Gasteiger partial charge in [0.25, 0.3) is 0 Å². The van der Waals surface area contributed by atoms with Crippen LogP contribution >= 0.6 is 11.8 Å². The van der Waals surface area contributed by atoms with Crippen molar-refractivity contribution in [2.45, 2.75) is 16.8 Å². The second-order valence-corrected chi connectivity index (χ2v) is 4.12. The minimum absolute atomic E-state index is 0.876. The molecular weight excluding hydrogens is 208 g/mol. The molecule has 0 radical (unpaired) electrons. The number of hydrogen-bond donors (Lipinski definition) is 1. The molecule has 0 atom stereocenters. The number of anilines is 1. The number of aryl methyl sites for hydroxylation is 1. The Morgan fingerprint density at radius 3 is 2.87 bits per heavy atom. The second-order valence-electron chi connectivity index (χ2n) is 3.05. The highest BCUT2D eigenvalue weighted by molar-refractivity contribution is 7.99. The Kier molecular flexibility index (Phi) is 2.97. The molecule has 0 spiro atoms. The van der Waals surface area contributed by atoms with E-state index in [0.717, 1.165) is 21.5 Å². The maximum Gasteiger partial charge on any atom is 0.127 e. The molecule has 15 heavy (non-hydrogen) atoms. The minimum atomic E-state index is 0.876. The molecule has 0 amide bonds. The number of aromatic nitrogens is 1. The van der Waals surface area contributed by atoms with Gasteiger partial charge in [0.05, 0.1) is 11.2 Å². The van der Waals surface area contributed by atoms with E-state index in [1.165, 1.54) is 0 Å². The smallest absolute Gasteiger partial charge is 0.127 e. The monoisotopic (exact) mass is 220 g/mol. The predicted molar refractivity (Wildman–Crippen MR) is 61.4 cm³/mol. The fourth-order valence-electron chi connectivity index (χ4n) is 1.20. The van der Waals surface area contributed by atoms with Gasteiger partial charge in [0.15, 0.2) is 0 Å². The zero-order valence-electron chi connectivity index (χ0n) is 8.65. The summed E-state index contributed by atoms with van der Waals surface area (Å²) in [6.07, 6.45) is 1.69. The van der Waals surface area contributed by atoms with Gasteiger partial charge in [0, 0.05) is 7.05 Å². The molecule has 2 aromatic heterocycles. The molecule has 0 aliphatic carbocycles. The van der Waals surface area contributed by atoms with E-state index >= 15 is 0 Å². The number of furan rings is 1. The van der Waals surface area contributed by atoms with Crippen molar-refractivity contribution in [2.24, 2.45) is 0 Å². The third-order valence-corrected chi connectivity index (χ3v) is 3.09. The molecule has 0 saturated carbocycles. The summed E-state index contributed by atoms with van der Waals surface area (Å²) in [4.78, 5) is 5.52. The fourth-order valence-corrected chi connectivity index (χ4v) is 2.03. The van der Waals surface area contributed by atoms with E-state index in [1.807, 2.05) is 38.2 Å². The molecule has 2 rings (SSSR count). The standard InChI is InChI=1S/C11H12N2OS/c1-8-9(6-7-14-8)15-11-5-3-4-10(12-2)13-11/h3-7H,1-2H3,(H,12,13). The summed E-state index contributed by atoms with van der Waals surface area (Å²) in [5, 5.41) is 3.98.